The standard InChI is InChI=1S/C39H52N4O5/c1-5-24-41(28-29-16-12-11-13-17-29)36(45)33-32-22-23-39(48-32)34(33)37(46)43(26-14-9-10-15-27-44)35(39)38(47)42(25-6-2)31-20-18-30(19-21-31)40(7-3)8-4/h5-6,11-13,16-21,32-35,44H,1-2,7-10,14-15,22-28H2,3-4H3/t32-,33+,34-,35?,39?/m0/s1. The number of fused-ring (bicyclic) bond motifs is 1. The Morgan fingerprint density at radius 2 is 1.60 bits per heavy atom. The van der Waals surface area contributed by atoms with E-state index >= 15 is 0 Å². The monoisotopic (exact) mass is 656 g/mol. The van der Waals surface area contributed by atoms with E-state index in [9.17, 15) is 19.5 Å². The van der Waals surface area contributed by atoms with E-state index in [1.54, 1.807) is 26.9 Å². The molecule has 48 heavy (non-hydrogen) atoms. The second-order valence-electron chi connectivity index (χ2n) is 13.1. The highest BCUT2D eigenvalue weighted by atomic mass is 16.5. The summed E-state index contributed by atoms with van der Waals surface area (Å²) in [4.78, 5) is 51.3. The quantitative estimate of drug-likeness (QED) is 0.175. The fourth-order valence-corrected chi connectivity index (χ4v) is 8.14. The molecule has 0 aliphatic carbocycles. The average Bonchev–Trinajstić information content (AvgIpc) is 3.75. The third-order valence-corrected chi connectivity index (χ3v) is 10.4. The van der Waals surface area contributed by atoms with Crippen LogP contribution < -0.4 is 9.80 Å². The molecule has 3 saturated heterocycles. The predicted molar refractivity (Wildman–Crippen MR) is 189 cm³/mol. The summed E-state index contributed by atoms with van der Waals surface area (Å²) in [6.45, 7) is 15.3. The first-order valence-electron chi connectivity index (χ1n) is 17.6. The third kappa shape index (κ3) is 6.80. The van der Waals surface area contributed by atoms with Gasteiger partial charge in [0.15, 0.2) is 0 Å². The lowest BCUT2D eigenvalue weighted by Gasteiger charge is -2.37. The molecule has 3 aliphatic heterocycles. The van der Waals surface area contributed by atoms with Gasteiger partial charge in [-0.05, 0) is 69.4 Å². The molecule has 3 aliphatic rings. The number of amides is 3. The van der Waals surface area contributed by atoms with Gasteiger partial charge in [0, 0.05) is 57.3 Å². The number of rotatable bonds is 18. The molecule has 2 aromatic carbocycles. The van der Waals surface area contributed by atoms with Crippen LogP contribution in [0.5, 0.6) is 0 Å². The molecule has 3 amide bonds. The van der Waals surface area contributed by atoms with Crippen molar-refractivity contribution in [3.8, 4) is 0 Å². The van der Waals surface area contributed by atoms with E-state index in [2.05, 4.69) is 31.9 Å². The Balaban J connectivity index is 1.48. The zero-order chi connectivity index (χ0) is 34.3. The first kappa shape index (κ1) is 35.4. The number of ether oxygens (including phenoxy) is 1. The molecule has 2 unspecified atom stereocenters. The summed E-state index contributed by atoms with van der Waals surface area (Å²) in [7, 11) is 0. The molecule has 2 aromatic rings. The van der Waals surface area contributed by atoms with Gasteiger partial charge in [0.05, 0.1) is 17.9 Å². The van der Waals surface area contributed by atoms with Crippen LogP contribution in [0.2, 0.25) is 0 Å². The summed E-state index contributed by atoms with van der Waals surface area (Å²) in [5, 5.41) is 9.28. The maximum atomic E-state index is 14.9. The number of aliphatic hydroxyl groups excluding tert-OH is 1. The van der Waals surface area contributed by atoms with Crippen LogP contribution in [0.3, 0.4) is 0 Å². The summed E-state index contributed by atoms with van der Waals surface area (Å²) in [5.41, 5.74) is 1.71. The Morgan fingerprint density at radius 3 is 2.25 bits per heavy atom. The second-order valence-corrected chi connectivity index (χ2v) is 13.1. The van der Waals surface area contributed by atoms with Crippen LogP contribution in [-0.4, -0.2) is 89.7 Å². The van der Waals surface area contributed by atoms with E-state index in [1.807, 2.05) is 54.6 Å². The number of hydrogen-bond donors (Lipinski definition) is 1. The maximum Gasteiger partial charge on any atom is 0.253 e. The molecule has 258 valence electrons. The van der Waals surface area contributed by atoms with Crippen LogP contribution in [0, 0.1) is 11.8 Å². The molecule has 3 heterocycles. The Morgan fingerprint density at radius 1 is 0.938 bits per heavy atom. The van der Waals surface area contributed by atoms with Gasteiger partial charge in [-0.25, -0.2) is 0 Å². The highest BCUT2D eigenvalue weighted by molar-refractivity contribution is 6.05. The SMILES string of the molecule is C=CCN(Cc1ccccc1)C(=O)[C@@H]1[C@@H]2CCC3(O2)C(C(=O)N(CC=C)c2ccc(N(CC)CC)cc2)N(CCCCCCO)C(=O)[C@H]13. The zero-order valence-electron chi connectivity index (χ0n) is 28.6. The minimum absolute atomic E-state index is 0.127. The molecular weight excluding hydrogens is 604 g/mol. The van der Waals surface area contributed by atoms with Gasteiger partial charge in [0.25, 0.3) is 5.91 Å². The molecule has 9 nitrogen and oxygen atoms in total. The summed E-state index contributed by atoms with van der Waals surface area (Å²) >= 11 is 0. The predicted octanol–water partition coefficient (Wildman–Crippen LogP) is 5.19. The number of benzene rings is 2. The average molecular weight is 657 g/mol. The molecule has 0 radical (unpaired) electrons. The lowest BCUT2D eigenvalue weighted by atomic mass is 9.70. The first-order chi connectivity index (χ1) is 23.3. The summed E-state index contributed by atoms with van der Waals surface area (Å²) in [6.07, 6.45) is 7.18. The van der Waals surface area contributed by atoms with E-state index in [1.165, 1.54) is 0 Å². The minimum Gasteiger partial charge on any atom is -0.396 e. The normalized spacial score (nSPS) is 24.0. The van der Waals surface area contributed by atoms with Crippen molar-refractivity contribution < 1.29 is 24.2 Å². The number of carbonyl (C=O) groups is 3. The number of nitrogens with zero attached hydrogens (tertiary/aromatic N) is 4. The fourth-order valence-electron chi connectivity index (χ4n) is 8.14. The summed E-state index contributed by atoms with van der Waals surface area (Å²) in [5.74, 6) is -1.93. The Bertz CT molecular complexity index is 1430. The molecule has 0 aromatic heterocycles. The van der Waals surface area contributed by atoms with Crippen molar-refractivity contribution in [1.29, 1.82) is 0 Å². The fraction of sp³-hybridized carbons (Fsp3) is 0.513. The number of unbranched alkanes of at least 4 members (excludes halogenated alkanes) is 3. The molecular formula is C39H52N4O5. The van der Waals surface area contributed by atoms with E-state index < -0.39 is 29.6 Å². The van der Waals surface area contributed by atoms with Gasteiger partial charge in [-0.2, -0.15) is 0 Å². The summed E-state index contributed by atoms with van der Waals surface area (Å²) in [6, 6.07) is 16.9. The van der Waals surface area contributed by atoms with Gasteiger partial charge in [0.2, 0.25) is 11.8 Å². The van der Waals surface area contributed by atoms with Crippen molar-refractivity contribution >= 4 is 29.1 Å². The first-order valence-corrected chi connectivity index (χ1v) is 17.6. The van der Waals surface area contributed by atoms with Gasteiger partial charge in [-0.1, -0.05) is 55.3 Å². The number of likely N-dealkylation sites (tertiary alicyclic amines) is 1. The molecule has 1 spiro atoms. The van der Waals surface area contributed by atoms with Crippen LogP contribution in [0.1, 0.15) is 57.9 Å². The van der Waals surface area contributed by atoms with Gasteiger partial charge in [-0.3, -0.25) is 14.4 Å². The van der Waals surface area contributed by atoms with Crippen LogP contribution >= 0.6 is 0 Å². The van der Waals surface area contributed by atoms with E-state index in [4.69, 9.17) is 4.74 Å². The highest BCUT2D eigenvalue weighted by Crippen LogP contribution is 2.59. The lowest BCUT2D eigenvalue weighted by molar-refractivity contribution is -0.145. The minimum atomic E-state index is -1.09. The lowest BCUT2D eigenvalue weighted by Crippen LogP contribution is -2.56. The van der Waals surface area contributed by atoms with Crippen molar-refractivity contribution in [3.05, 3.63) is 85.5 Å². The molecule has 2 bridgehead atoms. The van der Waals surface area contributed by atoms with Crippen LogP contribution in [0.4, 0.5) is 11.4 Å². The third-order valence-electron chi connectivity index (χ3n) is 10.4. The Labute approximate surface area is 285 Å². The van der Waals surface area contributed by atoms with Gasteiger partial charge < -0.3 is 29.4 Å². The number of anilines is 2. The molecule has 0 saturated carbocycles. The molecule has 5 atom stereocenters. The largest absolute Gasteiger partial charge is 0.396 e. The van der Waals surface area contributed by atoms with Crippen LogP contribution in [0.15, 0.2) is 79.9 Å². The molecule has 1 N–H and O–H groups in total. The van der Waals surface area contributed by atoms with Crippen molar-refractivity contribution in [3.63, 3.8) is 0 Å². The highest BCUT2D eigenvalue weighted by Gasteiger charge is 2.74. The van der Waals surface area contributed by atoms with Crippen molar-refractivity contribution in [2.75, 3.05) is 49.1 Å². The van der Waals surface area contributed by atoms with E-state index in [0.29, 0.717) is 45.3 Å². The van der Waals surface area contributed by atoms with Gasteiger partial charge in [0.1, 0.15) is 11.6 Å². The number of carbonyl (C=O) groups excluding carboxylic acids is 3. The Kier molecular flexibility index (Phi) is 11.8. The van der Waals surface area contributed by atoms with Crippen molar-refractivity contribution in [2.45, 2.75) is 76.7 Å². The smallest absolute Gasteiger partial charge is 0.253 e. The van der Waals surface area contributed by atoms with E-state index in [0.717, 1.165) is 42.9 Å². The maximum absolute atomic E-state index is 14.9. The van der Waals surface area contributed by atoms with Gasteiger partial charge in [-0.15, -0.1) is 13.2 Å². The molecule has 9 heteroatoms. The topological polar surface area (TPSA) is 93.6 Å². The zero-order valence-corrected chi connectivity index (χ0v) is 28.6. The number of hydrogen-bond acceptors (Lipinski definition) is 6. The summed E-state index contributed by atoms with van der Waals surface area (Å²) < 4.78 is 6.77. The van der Waals surface area contributed by atoms with Crippen LogP contribution in [0.25, 0.3) is 0 Å². The second kappa shape index (κ2) is 16.0. The van der Waals surface area contributed by atoms with Crippen molar-refractivity contribution in [2.24, 2.45) is 11.8 Å². The number of aliphatic hydroxyl groups is 1. The van der Waals surface area contributed by atoms with Crippen molar-refractivity contribution in [1.82, 2.24) is 9.80 Å². The van der Waals surface area contributed by atoms with Gasteiger partial charge >= 0.3 is 0 Å². The van der Waals surface area contributed by atoms with Crippen LogP contribution in [-0.2, 0) is 25.7 Å². The Hall–Kier alpha value is -3.95. The molecule has 5 rings (SSSR count). The van der Waals surface area contributed by atoms with E-state index in [-0.39, 0.29) is 30.9 Å². The molecule has 3 fully saturated rings.